The molecule has 2 unspecified atom stereocenters. The highest BCUT2D eigenvalue weighted by Crippen LogP contribution is 2.52. The van der Waals surface area contributed by atoms with Crippen molar-refractivity contribution >= 4 is 52.9 Å². The summed E-state index contributed by atoms with van der Waals surface area (Å²) in [5, 5.41) is 9.22. The molecule has 2 aromatic heterocycles. The Hall–Kier alpha value is -5.82. The van der Waals surface area contributed by atoms with Crippen molar-refractivity contribution < 1.29 is 14.4 Å². The van der Waals surface area contributed by atoms with Gasteiger partial charge >= 0.3 is 0 Å². The zero-order valence-corrected chi connectivity index (χ0v) is 36.4. The smallest absolute Gasteiger partial charge is 0.234 e. The van der Waals surface area contributed by atoms with Gasteiger partial charge in [0.15, 0.2) is 11.6 Å². The number of amides is 3. The molecule has 1 spiro atoms. The second-order valence-electron chi connectivity index (χ2n) is 18.1. The van der Waals surface area contributed by atoms with Gasteiger partial charge in [-0.3, -0.25) is 24.6 Å². The highest BCUT2D eigenvalue weighted by Gasteiger charge is 2.54. The van der Waals surface area contributed by atoms with Crippen LogP contribution in [0.25, 0.3) is 0 Å². The normalized spacial score (nSPS) is 21.0. The van der Waals surface area contributed by atoms with Crippen LogP contribution < -0.4 is 25.4 Å². The van der Waals surface area contributed by atoms with Gasteiger partial charge in [-0.15, -0.1) is 6.58 Å². The van der Waals surface area contributed by atoms with E-state index in [9.17, 15) is 14.4 Å². The molecule has 324 valence electrons. The van der Waals surface area contributed by atoms with Gasteiger partial charge in [-0.1, -0.05) is 38.1 Å². The molecular formula is C49H60N10O3. The number of hydrazine groups is 1. The Morgan fingerprint density at radius 2 is 1.61 bits per heavy atom. The Bertz CT molecular complexity index is 2280. The lowest BCUT2D eigenvalue weighted by atomic mass is 9.60. The zero-order chi connectivity index (χ0) is 43.0. The van der Waals surface area contributed by atoms with Gasteiger partial charge in [0.05, 0.1) is 12.5 Å². The number of nitrogens with zero attached hydrogens (tertiary/aromatic N) is 8. The van der Waals surface area contributed by atoms with Crippen molar-refractivity contribution in [2.24, 2.45) is 5.41 Å². The highest BCUT2D eigenvalue weighted by atomic mass is 16.2. The monoisotopic (exact) mass is 836 g/mol. The Balaban J connectivity index is 0.780. The molecule has 13 heteroatoms. The summed E-state index contributed by atoms with van der Waals surface area (Å²) < 4.78 is 0. The van der Waals surface area contributed by atoms with E-state index in [1.54, 1.807) is 22.3 Å². The molecule has 62 heavy (non-hydrogen) atoms. The first-order chi connectivity index (χ1) is 30.2. The lowest BCUT2D eigenvalue weighted by Crippen LogP contribution is -2.68. The average molecular weight is 837 g/mol. The van der Waals surface area contributed by atoms with Crippen LogP contribution >= 0.6 is 0 Å². The van der Waals surface area contributed by atoms with E-state index >= 15 is 0 Å². The van der Waals surface area contributed by atoms with E-state index in [1.807, 2.05) is 13.0 Å². The van der Waals surface area contributed by atoms with Crippen molar-refractivity contribution in [3.8, 4) is 0 Å². The second kappa shape index (κ2) is 17.5. The molecular weight excluding hydrogens is 777 g/mol. The molecule has 5 heterocycles. The standard InChI is InChI=1S/C49H60N10O3/c1-5-24-57(32-60)59(43-20-12-36-9-8-34(6-2)45(36)52-43)46-33(4)29-50-48(54-46)51-37-13-17-39(18-14-37)56-30-49(31-56)27-41(28-49)58(7-3)40-22-25-55(26-23-40)38-15-10-35(11-16-38)42-19-21-44(61)53-47(42)62/h5,10-18,20,29,32,34,40-42H,1,6-9,19,21-28,30-31H2,2-4H3,(H,50,51,54)(H,53,61,62). The van der Waals surface area contributed by atoms with Crippen molar-refractivity contribution in [1.82, 2.24) is 30.2 Å². The SMILES string of the molecule is C=CCN(C=O)N(c1ccc2c(n1)C(CC)CC2)c1nc(Nc2ccc(N3CC4(CC(N(CC)C5CCN(c6ccc(C7CCC(=O)NC7=O)cc6)CC5)C4)C3)cc2)ncc1C. The number of aromatic nitrogens is 3. The van der Waals surface area contributed by atoms with Crippen LogP contribution in [-0.4, -0.2) is 94.4 Å². The lowest BCUT2D eigenvalue weighted by molar-refractivity contribution is -0.134. The summed E-state index contributed by atoms with van der Waals surface area (Å²) in [6, 6.07) is 22.3. The predicted molar refractivity (Wildman–Crippen MR) is 244 cm³/mol. The number of hydrogen-bond acceptors (Lipinski definition) is 11. The van der Waals surface area contributed by atoms with Gasteiger partial charge in [0.25, 0.3) is 0 Å². The molecule has 1 saturated carbocycles. The van der Waals surface area contributed by atoms with Gasteiger partial charge in [0.1, 0.15) is 0 Å². The number of pyridine rings is 1. The quantitative estimate of drug-likeness (QED) is 0.0534. The number of anilines is 6. The van der Waals surface area contributed by atoms with Crippen LogP contribution in [0.3, 0.4) is 0 Å². The van der Waals surface area contributed by atoms with Crippen molar-refractivity contribution in [3.63, 3.8) is 0 Å². The molecule has 2 atom stereocenters. The van der Waals surface area contributed by atoms with Gasteiger partial charge in [-0.25, -0.2) is 20.0 Å². The summed E-state index contributed by atoms with van der Waals surface area (Å²) >= 11 is 0. The van der Waals surface area contributed by atoms with E-state index in [-0.39, 0.29) is 17.7 Å². The minimum atomic E-state index is -0.241. The number of aryl methyl sites for hydroxylation is 2. The molecule has 0 radical (unpaired) electrons. The molecule has 2 N–H and O–H groups in total. The zero-order valence-electron chi connectivity index (χ0n) is 36.4. The number of fused-ring (bicyclic) bond motifs is 1. The first kappa shape index (κ1) is 41.5. The molecule has 2 aliphatic carbocycles. The van der Waals surface area contributed by atoms with Crippen LogP contribution in [-0.2, 0) is 20.8 Å². The Morgan fingerprint density at radius 3 is 2.29 bits per heavy atom. The predicted octanol–water partition coefficient (Wildman–Crippen LogP) is 7.54. The summed E-state index contributed by atoms with van der Waals surface area (Å²) in [5.41, 5.74) is 7.93. The molecule has 4 fully saturated rings. The Morgan fingerprint density at radius 1 is 0.887 bits per heavy atom. The van der Waals surface area contributed by atoms with E-state index < -0.39 is 0 Å². The number of piperidine rings is 2. The summed E-state index contributed by atoms with van der Waals surface area (Å²) in [6.07, 6.45) is 13.3. The number of carbonyl (C=O) groups excluding carboxylic acids is 3. The molecule has 4 aromatic rings. The summed E-state index contributed by atoms with van der Waals surface area (Å²) in [4.78, 5) is 58.8. The molecule has 9 rings (SSSR count). The Kier molecular flexibility index (Phi) is 11.7. The van der Waals surface area contributed by atoms with Crippen molar-refractivity contribution in [1.29, 1.82) is 0 Å². The summed E-state index contributed by atoms with van der Waals surface area (Å²) in [7, 11) is 0. The number of nitrogens with one attached hydrogen (secondary N) is 2. The molecule has 3 saturated heterocycles. The lowest BCUT2D eigenvalue weighted by Gasteiger charge is -2.62. The van der Waals surface area contributed by atoms with E-state index in [1.165, 1.54) is 29.8 Å². The number of rotatable bonds is 15. The van der Waals surface area contributed by atoms with Crippen molar-refractivity contribution in [2.75, 3.05) is 59.4 Å². The maximum atomic E-state index is 12.5. The minimum absolute atomic E-state index is 0.173. The molecule has 3 aliphatic heterocycles. The van der Waals surface area contributed by atoms with Crippen LogP contribution in [0, 0.1) is 12.3 Å². The third-order valence-corrected chi connectivity index (χ3v) is 14.2. The third-order valence-electron chi connectivity index (χ3n) is 14.2. The van der Waals surface area contributed by atoms with E-state index in [0.717, 1.165) is 93.7 Å². The Labute approximate surface area is 365 Å². The molecule has 3 amide bonds. The van der Waals surface area contributed by atoms with Crippen molar-refractivity contribution in [3.05, 3.63) is 102 Å². The second-order valence-corrected chi connectivity index (χ2v) is 18.1. The highest BCUT2D eigenvalue weighted by molar-refractivity contribution is 6.01. The number of hydrogen-bond donors (Lipinski definition) is 2. The number of imide groups is 1. The average Bonchev–Trinajstić information content (AvgIpc) is 3.68. The maximum Gasteiger partial charge on any atom is 0.234 e. The van der Waals surface area contributed by atoms with Crippen LogP contribution in [0.2, 0.25) is 0 Å². The third kappa shape index (κ3) is 8.14. The fourth-order valence-corrected chi connectivity index (χ4v) is 10.9. The largest absolute Gasteiger partial charge is 0.371 e. The topological polar surface area (TPSA) is 130 Å². The van der Waals surface area contributed by atoms with E-state index in [2.05, 4.69) is 105 Å². The molecule has 13 nitrogen and oxygen atoms in total. The minimum Gasteiger partial charge on any atom is -0.371 e. The fourth-order valence-electron chi connectivity index (χ4n) is 10.9. The first-order valence-electron chi connectivity index (χ1n) is 22.7. The van der Waals surface area contributed by atoms with Crippen LogP contribution in [0.4, 0.5) is 34.6 Å². The van der Waals surface area contributed by atoms with Gasteiger partial charge in [-0.2, -0.15) is 4.98 Å². The van der Waals surface area contributed by atoms with E-state index in [0.29, 0.717) is 60.4 Å². The summed E-state index contributed by atoms with van der Waals surface area (Å²) in [6.45, 7) is 16.0. The van der Waals surface area contributed by atoms with Crippen LogP contribution in [0.5, 0.6) is 0 Å². The van der Waals surface area contributed by atoms with Crippen LogP contribution in [0.1, 0.15) is 99.4 Å². The van der Waals surface area contributed by atoms with Gasteiger partial charge < -0.3 is 15.1 Å². The van der Waals surface area contributed by atoms with E-state index in [4.69, 9.17) is 9.97 Å². The maximum absolute atomic E-state index is 12.5. The summed E-state index contributed by atoms with van der Waals surface area (Å²) in [5.74, 6) is 1.49. The first-order valence-corrected chi connectivity index (χ1v) is 22.7. The van der Waals surface area contributed by atoms with Gasteiger partial charge in [-0.05, 0) is 118 Å². The van der Waals surface area contributed by atoms with Gasteiger partial charge in [0, 0.05) is 90.5 Å². The molecule has 2 aromatic carbocycles. The fraction of sp³-hybridized carbons (Fsp3) is 0.469. The van der Waals surface area contributed by atoms with Crippen molar-refractivity contribution in [2.45, 2.75) is 102 Å². The molecule has 0 bridgehead atoms. The van der Waals surface area contributed by atoms with Gasteiger partial charge in [0.2, 0.25) is 24.2 Å². The number of benzene rings is 2. The van der Waals surface area contributed by atoms with Crippen LogP contribution in [0.15, 0.2) is 79.5 Å². The number of carbonyl (C=O) groups is 3. The molecule has 5 aliphatic rings.